The lowest BCUT2D eigenvalue weighted by molar-refractivity contribution is 0.0461. The third kappa shape index (κ3) is 5.85. The van der Waals surface area contributed by atoms with E-state index in [4.69, 9.17) is 37.3 Å². The van der Waals surface area contributed by atoms with Crippen LogP contribution < -0.4 is 20.9 Å². The van der Waals surface area contributed by atoms with E-state index >= 15 is 0 Å². The molecular weight excluding hydrogens is 374 g/mol. The Morgan fingerprint density at radius 3 is 2.44 bits per heavy atom. The van der Waals surface area contributed by atoms with E-state index < -0.39 is 5.97 Å². The highest BCUT2D eigenvalue weighted by Crippen LogP contribution is 2.36. The maximum absolute atomic E-state index is 12.3. The number of nitrogens with two attached hydrogens (primary N) is 2. The first kappa shape index (κ1) is 20.5. The standard InChI is InChI=1S/C17H22ClN5O4/c1-9(2)4-5-26-14-11(18)6-10(7-12(14)25-3)15(24)27-8-13-21-16(19)23-17(20)22-13/h6-7,9H,4-5,8H2,1-3H3,(H4,19,20,21,22,23). The number of hydrogen-bond acceptors (Lipinski definition) is 9. The van der Waals surface area contributed by atoms with E-state index in [-0.39, 0.29) is 34.9 Å². The molecule has 0 aliphatic rings. The Balaban J connectivity index is 2.10. The van der Waals surface area contributed by atoms with Gasteiger partial charge in [-0.3, -0.25) is 0 Å². The van der Waals surface area contributed by atoms with E-state index in [9.17, 15) is 4.79 Å². The summed E-state index contributed by atoms with van der Waals surface area (Å²) >= 11 is 6.25. The van der Waals surface area contributed by atoms with Gasteiger partial charge < -0.3 is 25.7 Å². The largest absolute Gasteiger partial charge is 0.493 e. The minimum absolute atomic E-state index is 0.0545. The van der Waals surface area contributed by atoms with E-state index in [0.717, 1.165) is 6.42 Å². The van der Waals surface area contributed by atoms with Crippen LogP contribution >= 0.6 is 11.6 Å². The van der Waals surface area contributed by atoms with Gasteiger partial charge in [0.1, 0.15) is 0 Å². The van der Waals surface area contributed by atoms with Gasteiger partial charge >= 0.3 is 5.97 Å². The number of ether oxygens (including phenoxy) is 3. The zero-order chi connectivity index (χ0) is 20.0. The van der Waals surface area contributed by atoms with E-state index in [1.807, 2.05) is 0 Å². The fraction of sp³-hybridized carbons (Fsp3) is 0.412. The maximum atomic E-state index is 12.3. The summed E-state index contributed by atoms with van der Waals surface area (Å²) in [6.45, 7) is 4.45. The number of nitrogen functional groups attached to an aromatic ring is 2. The third-order valence-corrected chi connectivity index (χ3v) is 3.74. The van der Waals surface area contributed by atoms with Gasteiger partial charge in [0.05, 0.1) is 24.3 Å². The van der Waals surface area contributed by atoms with Crippen LogP contribution in [0.2, 0.25) is 5.02 Å². The highest BCUT2D eigenvalue weighted by atomic mass is 35.5. The Bertz CT molecular complexity index is 796. The van der Waals surface area contributed by atoms with E-state index in [1.54, 1.807) is 0 Å². The number of rotatable bonds is 8. The lowest BCUT2D eigenvalue weighted by Gasteiger charge is -2.14. The number of hydrogen-bond donors (Lipinski definition) is 2. The average Bonchev–Trinajstić information content (AvgIpc) is 2.59. The molecule has 1 aromatic heterocycles. The Morgan fingerprint density at radius 2 is 1.85 bits per heavy atom. The van der Waals surface area contributed by atoms with Crippen molar-refractivity contribution in [1.29, 1.82) is 0 Å². The minimum atomic E-state index is -0.638. The second-order valence-electron chi connectivity index (χ2n) is 6.06. The highest BCUT2D eigenvalue weighted by molar-refractivity contribution is 6.32. The van der Waals surface area contributed by atoms with Crippen molar-refractivity contribution in [2.45, 2.75) is 26.9 Å². The zero-order valence-corrected chi connectivity index (χ0v) is 16.1. The van der Waals surface area contributed by atoms with Gasteiger partial charge in [-0.25, -0.2) is 4.79 Å². The van der Waals surface area contributed by atoms with Crippen LogP contribution in [0.4, 0.5) is 11.9 Å². The number of carbonyl (C=O) groups excluding carboxylic acids is 1. The zero-order valence-electron chi connectivity index (χ0n) is 15.4. The van der Waals surface area contributed by atoms with Crippen LogP contribution in [0.3, 0.4) is 0 Å². The normalized spacial score (nSPS) is 10.7. The summed E-state index contributed by atoms with van der Waals surface area (Å²) in [6.07, 6.45) is 0.863. The first-order chi connectivity index (χ1) is 12.8. The molecule has 1 heterocycles. The van der Waals surface area contributed by atoms with Gasteiger partial charge in [0.25, 0.3) is 0 Å². The van der Waals surface area contributed by atoms with Crippen LogP contribution in [0.1, 0.15) is 36.5 Å². The summed E-state index contributed by atoms with van der Waals surface area (Å²) in [5, 5.41) is 0.249. The van der Waals surface area contributed by atoms with Crippen LogP contribution in [0.5, 0.6) is 11.5 Å². The number of methoxy groups -OCH3 is 1. The molecule has 0 bridgehead atoms. The molecule has 0 atom stereocenters. The van der Waals surface area contributed by atoms with Gasteiger partial charge in [-0.15, -0.1) is 0 Å². The van der Waals surface area contributed by atoms with Crippen LogP contribution in [0.25, 0.3) is 0 Å². The van der Waals surface area contributed by atoms with Crippen molar-refractivity contribution in [3.63, 3.8) is 0 Å². The summed E-state index contributed by atoms with van der Waals surface area (Å²) in [5.74, 6) is 0.604. The van der Waals surface area contributed by atoms with Gasteiger partial charge in [-0.2, -0.15) is 15.0 Å². The second kappa shape index (κ2) is 9.22. The molecule has 0 aliphatic carbocycles. The van der Waals surface area contributed by atoms with Crippen molar-refractivity contribution in [2.24, 2.45) is 5.92 Å². The van der Waals surface area contributed by atoms with Crippen LogP contribution in [-0.4, -0.2) is 34.6 Å². The van der Waals surface area contributed by atoms with Gasteiger partial charge in [-0.05, 0) is 24.5 Å². The number of nitrogens with zero attached hydrogens (tertiary/aromatic N) is 3. The number of anilines is 2. The van der Waals surface area contributed by atoms with E-state index in [0.29, 0.717) is 24.0 Å². The average molecular weight is 396 g/mol. The summed E-state index contributed by atoms with van der Waals surface area (Å²) in [6, 6.07) is 2.95. The Labute approximate surface area is 162 Å². The number of halogens is 1. The number of esters is 1. The van der Waals surface area contributed by atoms with Crippen LogP contribution in [0.15, 0.2) is 12.1 Å². The van der Waals surface area contributed by atoms with Crippen LogP contribution in [0, 0.1) is 5.92 Å². The number of aromatic nitrogens is 3. The van der Waals surface area contributed by atoms with Crippen molar-refractivity contribution >= 4 is 29.5 Å². The lowest BCUT2D eigenvalue weighted by Crippen LogP contribution is -2.11. The molecule has 1 aromatic carbocycles. The van der Waals surface area contributed by atoms with E-state index in [1.165, 1.54) is 19.2 Å². The minimum Gasteiger partial charge on any atom is -0.493 e. The lowest BCUT2D eigenvalue weighted by atomic mass is 10.1. The molecule has 2 aromatic rings. The molecule has 0 radical (unpaired) electrons. The monoisotopic (exact) mass is 395 g/mol. The Hall–Kier alpha value is -2.81. The summed E-state index contributed by atoms with van der Waals surface area (Å²) < 4.78 is 16.2. The van der Waals surface area contributed by atoms with Gasteiger partial charge in [0, 0.05) is 0 Å². The fourth-order valence-electron chi connectivity index (χ4n) is 2.11. The Morgan fingerprint density at radius 1 is 1.19 bits per heavy atom. The highest BCUT2D eigenvalue weighted by Gasteiger charge is 2.17. The smallest absolute Gasteiger partial charge is 0.338 e. The van der Waals surface area contributed by atoms with Crippen molar-refractivity contribution < 1.29 is 19.0 Å². The Kier molecular flexibility index (Phi) is 7.00. The molecule has 0 amide bonds. The van der Waals surface area contributed by atoms with Crippen LogP contribution in [-0.2, 0) is 11.3 Å². The fourth-order valence-corrected chi connectivity index (χ4v) is 2.37. The molecular formula is C17H22ClN5O4. The molecule has 9 nitrogen and oxygen atoms in total. The first-order valence-corrected chi connectivity index (χ1v) is 8.61. The molecule has 4 N–H and O–H groups in total. The molecule has 2 rings (SSSR count). The van der Waals surface area contributed by atoms with Crippen molar-refractivity contribution in [3.8, 4) is 11.5 Å². The topological polar surface area (TPSA) is 135 Å². The maximum Gasteiger partial charge on any atom is 0.338 e. The number of carbonyl (C=O) groups is 1. The molecule has 0 aliphatic heterocycles. The molecule has 0 fully saturated rings. The molecule has 10 heteroatoms. The first-order valence-electron chi connectivity index (χ1n) is 8.23. The molecule has 0 saturated heterocycles. The van der Waals surface area contributed by atoms with Crippen molar-refractivity contribution in [2.75, 3.05) is 25.2 Å². The SMILES string of the molecule is COc1cc(C(=O)OCc2nc(N)nc(N)n2)cc(Cl)c1OCCC(C)C. The summed E-state index contributed by atoms with van der Waals surface area (Å²) in [4.78, 5) is 23.6. The molecule has 0 unspecified atom stereocenters. The number of benzene rings is 1. The molecule has 27 heavy (non-hydrogen) atoms. The third-order valence-electron chi connectivity index (χ3n) is 3.46. The second-order valence-corrected chi connectivity index (χ2v) is 6.47. The predicted octanol–water partition coefficient (Wildman–Crippen LogP) is 2.48. The van der Waals surface area contributed by atoms with Gasteiger partial charge in [0.2, 0.25) is 11.9 Å². The van der Waals surface area contributed by atoms with E-state index in [2.05, 4.69) is 28.8 Å². The molecule has 0 saturated carbocycles. The van der Waals surface area contributed by atoms with Gasteiger partial charge in [-0.1, -0.05) is 25.4 Å². The quantitative estimate of drug-likeness (QED) is 0.645. The summed E-state index contributed by atoms with van der Waals surface area (Å²) in [5.41, 5.74) is 11.2. The van der Waals surface area contributed by atoms with Crippen molar-refractivity contribution in [3.05, 3.63) is 28.5 Å². The summed E-state index contributed by atoms with van der Waals surface area (Å²) in [7, 11) is 1.46. The van der Waals surface area contributed by atoms with Crippen molar-refractivity contribution in [1.82, 2.24) is 15.0 Å². The molecule has 146 valence electrons. The molecule has 0 spiro atoms. The van der Waals surface area contributed by atoms with Gasteiger partial charge in [0.15, 0.2) is 23.9 Å². The predicted molar refractivity (Wildman–Crippen MR) is 101 cm³/mol.